The first kappa shape index (κ1) is 16.7. The number of rotatable bonds is 3. The van der Waals surface area contributed by atoms with E-state index in [0.717, 1.165) is 25.9 Å². The van der Waals surface area contributed by atoms with Crippen LogP contribution in [0.4, 0.5) is 0 Å². The second kappa shape index (κ2) is 7.19. The van der Waals surface area contributed by atoms with Crippen molar-refractivity contribution in [3.63, 3.8) is 0 Å². The van der Waals surface area contributed by atoms with Crippen LogP contribution in [0.5, 0.6) is 0 Å². The monoisotopic (exact) mass is 264 g/mol. The van der Waals surface area contributed by atoms with Crippen molar-refractivity contribution < 1.29 is 9.90 Å². The van der Waals surface area contributed by atoms with Crippen molar-refractivity contribution in [2.45, 2.75) is 39.7 Å². The molecule has 0 saturated carbocycles. The summed E-state index contributed by atoms with van der Waals surface area (Å²) in [5.74, 6) is 0.207. The second-order valence-corrected chi connectivity index (χ2v) is 5.65. The fourth-order valence-electron chi connectivity index (χ4n) is 1.73. The predicted molar refractivity (Wildman–Crippen MR) is 71.3 cm³/mol. The minimum atomic E-state index is -0.488. The number of amides is 1. The summed E-state index contributed by atoms with van der Waals surface area (Å²) in [6.07, 6.45) is 1.31. The van der Waals surface area contributed by atoms with Crippen LogP contribution in [0, 0.1) is 11.3 Å². The first-order valence-electron chi connectivity index (χ1n) is 6.08. The van der Waals surface area contributed by atoms with Gasteiger partial charge in [0.05, 0.1) is 6.10 Å². The molecule has 0 aromatic carbocycles. The van der Waals surface area contributed by atoms with Gasteiger partial charge in [0.15, 0.2) is 0 Å². The molecule has 5 heteroatoms. The van der Waals surface area contributed by atoms with Gasteiger partial charge in [0.2, 0.25) is 5.91 Å². The number of nitrogens with one attached hydrogen (secondary N) is 2. The third-order valence-electron chi connectivity index (χ3n) is 3.18. The zero-order valence-electron chi connectivity index (χ0n) is 11.0. The molecule has 0 aromatic rings. The number of aliphatic hydroxyl groups excluding tert-OH is 1. The molecule has 0 spiro atoms. The molecule has 0 radical (unpaired) electrons. The molecule has 0 bridgehead atoms. The quantitative estimate of drug-likeness (QED) is 0.711. The minimum Gasteiger partial charge on any atom is -0.391 e. The zero-order chi connectivity index (χ0) is 12.2. The maximum atomic E-state index is 11.8. The summed E-state index contributed by atoms with van der Waals surface area (Å²) in [5.41, 5.74) is -0.179. The number of hydrogen-bond donors (Lipinski definition) is 3. The lowest BCUT2D eigenvalue weighted by molar-refractivity contribution is -0.126. The van der Waals surface area contributed by atoms with E-state index in [4.69, 9.17) is 0 Å². The van der Waals surface area contributed by atoms with Crippen molar-refractivity contribution in [2.24, 2.45) is 11.3 Å². The van der Waals surface area contributed by atoms with E-state index in [1.165, 1.54) is 0 Å². The Balaban J connectivity index is 0.00000256. The van der Waals surface area contributed by atoms with E-state index in [-0.39, 0.29) is 29.6 Å². The second-order valence-electron chi connectivity index (χ2n) is 5.65. The van der Waals surface area contributed by atoms with Crippen LogP contribution in [-0.4, -0.2) is 36.8 Å². The largest absolute Gasteiger partial charge is 0.391 e. The van der Waals surface area contributed by atoms with Crippen LogP contribution in [0.25, 0.3) is 0 Å². The third-order valence-corrected chi connectivity index (χ3v) is 3.18. The Bertz CT molecular complexity index is 235. The highest BCUT2D eigenvalue weighted by molar-refractivity contribution is 5.85. The number of hydrogen-bond acceptors (Lipinski definition) is 3. The lowest BCUT2D eigenvalue weighted by Gasteiger charge is -2.27. The van der Waals surface area contributed by atoms with Crippen molar-refractivity contribution in [3.8, 4) is 0 Å². The summed E-state index contributed by atoms with van der Waals surface area (Å²) < 4.78 is 0. The summed E-state index contributed by atoms with van der Waals surface area (Å²) in [4.78, 5) is 11.8. The van der Waals surface area contributed by atoms with Crippen LogP contribution >= 0.6 is 12.4 Å². The number of piperidine rings is 1. The Morgan fingerprint density at radius 1 is 1.41 bits per heavy atom. The Kier molecular flexibility index (Phi) is 7.05. The van der Waals surface area contributed by atoms with Crippen molar-refractivity contribution in [2.75, 3.05) is 19.6 Å². The van der Waals surface area contributed by atoms with Crippen LogP contribution < -0.4 is 10.6 Å². The van der Waals surface area contributed by atoms with Gasteiger partial charge in [-0.25, -0.2) is 0 Å². The Hall–Kier alpha value is -0.320. The summed E-state index contributed by atoms with van der Waals surface area (Å²) in [6, 6.07) is 0. The Morgan fingerprint density at radius 3 is 2.41 bits per heavy atom. The SMILES string of the molecule is CC(C)(C)C(O)CNC(=O)C1CCNCC1.Cl. The van der Waals surface area contributed by atoms with Crippen molar-refractivity contribution in [1.29, 1.82) is 0 Å². The van der Waals surface area contributed by atoms with E-state index >= 15 is 0 Å². The molecular formula is C12H25ClN2O2. The highest BCUT2D eigenvalue weighted by atomic mass is 35.5. The molecule has 0 aliphatic carbocycles. The maximum Gasteiger partial charge on any atom is 0.223 e. The van der Waals surface area contributed by atoms with Gasteiger partial charge in [-0.2, -0.15) is 0 Å². The van der Waals surface area contributed by atoms with Gasteiger partial charge < -0.3 is 15.7 Å². The van der Waals surface area contributed by atoms with Gasteiger partial charge in [-0.15, -0.1) is 12.4 Å². The van der Waals surface area contributed by atoms with E-state index < -0.39 is 6.10 Å². The fraction of sp³-hybridized carbons (Fsp3) is 0.917. The molecule has 1 unspecified atom stereocenters. The van der Waals surface area contributed by atoms with E-state index in [9.17, 15) is 9.90 Å². The van der Waals surface area contributed by atoms with Gasteiger partial charge in [-0.05, 0) is 31.3 Å². The van der Waals surface area contributed by atoms with E-state index in [1.807, 2.05) is 20.8 Å². The Labute approximate surface area is 110 Å². The minimum absolute atomic E-state index is 0. The summed E-state index contributed by atoms with van der Waals surface area (Å²) in [5, 5.41) is 15.9. The molecule has 1 aliphatic heterocycles. The molecule has 1 amide bonds. The normalized spacial score (nSPS) is 19.3. The number of halogens is 1. The molecule has 1 atom stereocenters. The van der Waals surface area contributed by atoms with Crippen molar-refractivity contribution >= 4 is 18.3 Å². The topological polar surface area (TPSA) is 61.4 Å². The first-order valence-corrected chi connectivity index (χ1v) is 6.08. The summed E-state index contributed by atoms with van der Waals surface area (Å²) >= 11 is 0. The first-order chi connectivity index (χ1) is 7.41. The lowest BCUT2D eigenvalue weighted by atomic mass is 9.89. The number of carbonyl (C=O) groups is 1. The average molecular weight is 265 g/mol. The highest BCUT2D eigenvalue weighted by Crippen LogP contribution is 2.18. The van der Waals surface area contributed by atoms with Crippen LogP contribution in [-0.2, 0) is 4.79 Å². The molecule has 102 valence electrons. The molecule has 17 heavy (non-hydrogen) atoms. The van der Waals surface area contributed by atoms with Crippen LogP contribution in [0.1, 0.15) is 33.6 Å². The molecule has 1 rings (SSSR count). The van der Waals surface area contributed by atoms with Gasteiger partial charge in [-0.3, -0.25) is 4.79 Å². The standard InChI is InChI=1S/C12H24N2O2.ClH/c1-12(2,3)10(15)8-14-11(16)9-4-6-13-7-5-9;/h9-10,13,15H,4-8H2,1-3H3,(H,14,16);1H. The molecule has 1 saturated heterocycles. The molecular weight excluding hydrogens is 240 g/mol. The van der Waals surface area contributed by atoms with Gasteiger partial charge in [0.25, 0.3) is 0 Å². The predicted octanol–water partition coefficient (Wildman–Crippen LogP) is 0.931. The summed E-state index contributed by atoms with van der Waals surface area (Å²) in [7, 11) is 0. The molecule has 1 heterocycles. The number of carbonyl (C=O) groups excluding carboxylic acids is 1. The van der Waals surface area contributed by atoms with E-state index in [0.29, 0.717) is 6.54 Å². The fourth-order valence-corrected chi connectivity index (χ4v) is 1.73. The molecule has 4 nitrogen and oxygen atoms in total. The lowest BCUT2D eigenvalue weighted by Crippen LogP contribution is -2.43. The maximum absolute atomic E-state index is 11.8. The van der Waals surface area contributed by atoms with E-state index in [1.54, 1.807) is 0 Å². The zero-order valence-corrected chi connectivity index (χ0v) is 11.8. The van der Waals surface area contributed by atoms with Gasteiger partial charge in [-0.1, -0.05) is 20.8 Å². The highest BCUT2D eigenvalue weighted by Gasteiger charge is 2.25. The van der Waals surface area contributed by atoms with Crippen LogP contribution in [0.2, 0.25) is 0 Å². The molecule has 0 aromatic heterocycles. The van der Waals surface area contributed by atoms with Crippen LogP contribution in [0.3, 0.4) is 0 Å². The van der Waals surface area contributed by atoms with Gasteiger partial charge in [0, 0.05) is 12.5 Å². The smallest absolute Gasteiger partial charge is 0.223 e. The molecule has 3 N–H and O–H groups in total. The Morgan fingerprint density at radius 2 is 1.94 bits per heavy atom. The van der Waals surface area contributed by atoms with Gasteiger partial charge in [0.1, 0.15) is 0 Å². The van der Waals surface area contributed by atoms with Crippen molar-refractivity contribution in [1.82, 2.24) is 10.6 Å². The van der Waals surface area contributed by atoms with Crippen LogP contribution in [0.15, 0.2) is 0 Å². The third kappa shape index (κ3) is 5.70. The average Bonchev–Trinajstić information content (AvgIpc) is 2.25. The number of aliphatic hydroxyl groups is 1. The molecule has 1 aliphatic rings. The summed E-state index contributed by atoms with van der Waals surface area (Å²) in [6.45, 7) is 8.09. The van der Waals surface area contributed by atoms with Crippen molar-refractivity contribution in [3.05, 3.63) is 0 Å². The van der Waals surface area contributed by atoms with E-state index in [2.05, 4.69) is 10.6 Å². The molecule has 1 fully saturated rings. The van der Waals surface area contributed by atoms with Gasteiger partial charge >= 0.3 is 0 Å².